The summed E-state index contributed by atoms with van der Waals surface area (Å²) in [5.41, 5.74) is 2.56. The third-order valence-corrected chi connectivity index (χ3v) is 7.58. The number of aryl methyl sites for hydroxylation is 2. The molecule has 5 rings (SSSR count). The van der Waals surface area contributed by atoms with Gasteiger partial charge in [0.25, 0.3) is 12.4 Å². The lowest BCUT2D eigenvalue weighted by Crippen LogP contribution is -2.40. The van der Waals surface area contributed by atoms with Gasteiger partial charge in [-0.25, -0.2) is 0 Å². The lowest BCUT2D eigenvalue weighted by Gasteiger charge is -2.25. The van der Waals surface area contributed by atoms with Crippen LogP contribution in [0.4, 0.5) is 0 Å². The van der Waals surface area contributed by atoms with Gasteiger partial charge in [0.2, 0.25) is 11.8 Å². The van der Waals surface area contributed by atoms with Crippen molar-refractivity contribution in [2.75, 3.05) is 46.4 Å². The van der Waals surface area contributed by atoms with Crippen molar-refractivity contribution < 1.29 is 38.3 Å². The van der Waals surface area contributed by atoms with Crippen molar-refractivity contribution in [1.82, 2.24) is 30.5 Å². The maximum absolute atomic E-state index is 13.5. The van der Waals surface area contributed by atoms with Gasteiger partial charge in [-0.2, -0.15) is 5.10 Å². The van der Waals surface area contributed by atoms with Crippen molar-refractivity contribution >= 4 is 24.2 Å². The second-order valence-electron chi connectivity index (χ2n) is 10.3. The van der Waals surface area contributed by atoms with Crippen LogP contribution in [0, 0.1) is 19.8 Å². The van der Waals surface area contributed by atoms with Crippen LogP contribution in [0.2, 0.25) is 0 Å². The number of carbonyl (C=O) groups excluding carboxylic acids is 3. The number of nitrogens with zero attached hydrogens (tertiary/aromatic N) is 4. The van der Waals surface area contributed by atoms with Crippen molar-refractivity contribution in [1.29, 1.82) is 0 Å². The fourth-order valence-electron chi connectivity index (χ4n) is 5.45. The Bertz CT molecular complexity index is 1400. The number of carbonyl (C=O) groups is 4. The number of likely N-dealkylation sites (tertiary alicyclic amines) is 1. The van der Waals surface area contributed by atoms with E-state index in [-0.39, 0.29) is 49.7 Å². The Morgan fingerprint density at radius 1 is 1.16 bits per heavy atom. The summed E-state index contributed by atoms with van der Waals surface area (Å²) in [6.45, 7) is 5.33. The number of carboxylic acid groups (broad SMARTS) is 1. The van der Waals surface area contributed by atoms with E-state index in [1.165, 1.54) is 0 Å². The molecule has 14 heteroatoms. The molecule has 0 spiro atoms. The molecular weight excluding hydrogens is 560 g/mol. The van der Waals surface area contributed by atoms with Crippen molar-refractivity contribution in [3.63, 3.8) is 0 Å². The minimum atomic E-state index is -0.466. The van der Waals surface area contributed by atoms with Crippen molar-refractivity contribution in [3.8, 4) is 11.5 Å². The summed E-state index contributed by atoms with van der Waals surface area (Å²) in [5.74, 6) is 0.422. The van der Waals surface area contributed by atoms with E-state index in [1.807, 2.05) is 18.2 Å². The van der Waals surface area contributed by atoms with E-state index in [0.29, 0.717) is 61.1 Å². The molecule has 1 fully saturated rings. The molecular formula is C29H36N6O8. The van der Waals surface area contributed by atoms with Gasteiger partial charge in [-0.1, -0.05) is 11.2 Å². The highest BCUT2D eigenvalue weighted by Crippen LogP contribution is 2.38. The topological polar surface area (TPSA) is 180 Å². The average molecular weight is 597 g/mol. The van der Waals surface area contributed by atoms with E-state index in [0.717, 1.165) is 11.3 Å². The highest BCUT2D eigenvalue weighted by Gasteiger charge is 2.42. The lowest BCUT2D eigenvalue weighted by atomic mass is 9.88. The minimum Gasteiger partial charge on any atom is -0.493 e. The Balaban J connectivity index is 0.00000135. The van der Waals surface area contributed by atoms with Crippen LogP contribution >= 0.6 is 0 Å². The molecule has 3 N–H and O–H groups in total. The number of amides is 3. The second-order valence-corrected chi connectivity index (χ2v) is 10.3. The van der Waals surface area contributed by atoms with Crippen LogP contribution in [0.1, 0.15) is 45.4 Å². The first-order chi connectivity index (χ1) is 20.8. The number of nitrogens with one attached hydrogen (secondary N) is 2. The Hall–Kier alpha value is -4.88. The molecule has 2 aromatic heterocycles. The van der Waals surface area contributed by atoms with E-state index in [2.05, 4.69) is 20.7 Å². The monoisotopic (exact) mass is 596 g/mol. The van der Waals surface area contributed by atoms with Crippen LogP contribution in [0.15, 0.2) is 35.0 Å². The summed E-state index contributed by atoms with van der Waals surface area (Å²) in [7, 11) is 1.57. The highest BCUT2D eigenvalue weighted by molar-refractivity contribution is 5.97. The van der Waals surface area contributed by atoms with Crippen molar-refractivity contribution in [2.24, 2.45) is 5.92 Å². The number of aromatic nitrogens is 3. The molecule has 0 radical (unpaired) electrons. The number of ether oxygens (including phenoxy) is 2. The molecule has 3 aromatic rings. The van der Waals surface area contributed by atoms with Crippen molar-refractivity contribution in [3.05, 3.63) is 58.7 Å². The number of hydrogen-bond acceptors (Lipinski definition) is 9. The third-order valence-electron chi connectivity index (χ3n) is 7.58. The Morgan fingerprint density at radius 3 is 2.60 bits per heavy atom. The predicted octanol–water partition coefficient (Wildman–Crippen LogP) is 1.55. The molecule has 2 atom stereocenters. The molecule has 1 saturated heterocycles. The Morgan fingerprint density at radius 2 is 1.93 bits per heavy atom. The first-order valence-electron chi connectivity index (χ1n) is 13.9. The largest absolute Gasteiger partial charge is 0.493 e. The molecule has 3 amide bonds. The standard InChI is InChI=1S/C28H34N6O6.CH2O2/c1-17-26(18(2)40-32-17)28(37)34-15-21-19-5-6-23(38-3)24(13-19)39-12-11-33(25(35)14-20-7-9-30-31-20)10-4-8-29-27(36)22(21)16-34;2-1-3/h5-7,9,13,21-22H,4,8,10-12,14-16H2,1-3H3,(H,29,36)(H,30,31);1H,(H,2,3)/t21-,22+;/m1./s1. The van der Waals surface area contributed by atoms with Crippen LogP contribution in [-0.4, -0.2) is 101 Å². The predicted molar refractivity (Wildman–Crippen MR) is 152 cm³/mol. The smallest absolute Gasteiger partial charge is 0.290 e. The summed E-state index contributed by atoms with van der Waals surface area (Å²) >= 11 is 0. The van der Waals surface area contributed by atoms with Crippen molar-refractivity contribution in [2.45, 2.75) is 32.6 Å². The Kier molecular flexibility index (Phi) is 10.4. The van der Waals surface area contributed by atoms with Gasteiger partial charge in [-0.3, -0.25) is 24.3 Å². The van der Waals surface area contributed by atoms with E-state index in [9.17, 15) is 14.4 Å². The highest BCUT2D eigenvalue weighted by atomic mass is 16.5. The van der Waals surface area contributed by atoms with E-state index in [1.54, 1.807) is 43.0 Å². The summed E-state index contributed by atoms with van der Waals surface area (Å²) < 4.78 is 16.9. The number of rotatable bonds is 4. The molecule has 4 heterocycles. The van der Waals surface area contributed by atoms with E-state index < -0.39 is 5.92 Å². The normalized spacial score (nSPS) is 18.7. The van der Waals surface area contributed by atoms with Gasteiger partial charge in [-0.15, -0.1) is 0 Å². The quantitative estimate of drug-likeness (QED) is 0.374. The van der Waals surface area contributed by atoms with Gasteiger partial charge in [0, 0.05) is 44.0 Å². The maximum atomic E-state index is 13.5. The van der Waals surface area contributed by atoms with Gasteiger partial charge in [0.1, 0.15) is 17.9 Å². The number of fused-ring (bicyclic) bond motifs is 4. The molecule has 2 aliphatic rings. The average Bonchev–Trinajstić information content (AvgIpc) is 3.74. The summed E-state index contributed by atoms with van der Waals surface area (Å²) in [6.07, 6.45) is 2.39. The third kappa shape index (κ3) is 7.31. The molecule has 2 aliphatic heterocycles. The van der Waals surface area contributed by atoms with Crippen LogP contribution < -0.4 is 14.8 Å². The first-order valence-corrected chi connectivity index (χ1v) is 13.9. The number of aromatic amines is 1. The molecule has 0 unspecified atom stereocenters. The van der Waals surface area contributed by atoms with Crippen LogP contribution in [0.3, 0.4) is 0 Å². The zero-order valence-corrected chi connectivity index (χ0v) is 24.4. The fourth-order valence-corrected chi connectivity index (χ4v) is 5.45. The fraction of sp³-hybridized carbons (Fsp3) is 0.448. The van der Waals surface area contributed by atoms with Crippen LogP contribution in [0.5, 0.6) is 11.5 Å². The molecule has 230 valence electrons. The van der Waals surface area contributed by atoms with Crippen LogP contribution in [0.25, 0.3) is 0 Å². The Labute approximate surface area is 248 Å². The van der Waals surface area contributed by atoms with Gasteiger partial charge in [-0.05, 0) is 44.0 Å². The van der Waals surface area contributed by atoms with Crippen LogP contribution in [-0.2, 0) is 20.8 Å². The molecule has 2 bridgehead atoms. The number of methoxy groups -OCH3 is 1. The first kappa shape index (κ1) is 31.1. The van der Waals surface area contributed by atoms with E-state index in [4.69, 9.17) is 23.9 Å². The second kappa shape index (κ2) is 14.3. The molecule has 43 heavy (non-hydrogen) atoms. The number of hydrogen-bond donors (Lipinski definition) is 3. The van der Waals surface area contributed by atoms with Gasteiger partial charge < -0.3 is 34.2 Å². The van der Waals surface area contributed by atoms with Gasteiger partial charge in [0.05, 0.1) is 31.7 Å². The molecule has 14 nitrogen and oxygen atoms in total. The summed E-state index contributed by atoms with van der Waals surface area (Å²) in [5, 5.41) is 20.6. The maximum Gasteiger partial charge on any atom is 0.290 e. The minimum absolute atomic E-state index is 0.0590. The van der Waals surface area contributed by atoms with E-state index >= 15 is 0 Å². The van der Waals surface area contributed by atoms with Gasteiger partial charge in [0.15, 0.2) is 11.5 Å². The number of benzene rings is 1. The molecule has 1 aromatic carbocycles. The van der Waals surface area contributed by atoms with Gasteiger partial charge >= 0.3 is 0 Å². The zero-order valence-electron chi connectivity index (χ0n) is 24.4. The summed E-state index contributed by atoms with van der Waals surface area (Å²) in [4.78, 5) is 51.7. The lowest BCUT2D eigenvalue weighted by molar-refractivity contribution is -0.131. The SMILES string of the molecule is COc1ccc2cc1OCCN(C(=O)Cc1ccn[nH]1)CCCNC(=O)[C@H]1CN(C(=O)c3c(C)noc3C)C[C@H]21.O=CO. The zero-order chi connectivity index (χ0) is 30.9. The molecule has 0 aliphatic carbocycles. The molecule has 0 saturated carbocycles. The summed E-state index contributed by atoms with van der Waals surface area (Å²) in [6, 6.07) is 7.36. The number of H-pyrrole nitrogens is 1.